The summed E-state index contributed by atoms with van der Waals surface area (Å²) in [4.78, 5) is 33.4. The van der Waals surface area contributed by atoms with E-state index in [1.165, 1.54) is 39.2 Å². The van der Waals surface area contributed by atoms with E-state index >= 15 is 0 Å². The SMILES string of the molecule is O=C(Cn1cnc2sc3c(c2c1=O)CCCC3)NC(c1ccc(F)cc1)c1cccs1. The Morgan fingerprint density at radius 3 is 2.77 bits per heavy atom. The second kappa shape index (κ2) is 8.36. The van der Waals surface area contributed by atoms with E-state index in [2.05, 4.69) is 10.3 Å². The zero-order chi connectivity index (χ0) is 21.4. The number of thiophene rings is 2. The number of nitrogens with zero attached hydrogens (tertiary/aromatic N) is 2. The lowest BCUT2D eigenvalue weighted by Crippen LogP contribution is -2.35. The number of halogens is 1. The van der Waals surface area contributed by atoms with Crippen molar-refractivity contribution in [2.75, 3.05) is 0 Å². The molecule has 1 unspecified atom stereocenters. The van der Waals surface area contributed by atoms with Gasteiger partial charge in [-0.1, -0.05) is 18.2 Å². The molecule has 1 atom stereocenters. The zero-order valence-corrected chi connectivity index (χ0v) is 18.3. The number of aromatic nitrogens is 2. The van der Waals surface area contributed by atoms with Gasteiger partial charge in [-0.05, 0) is 60.4 Å². The Balaban J connectivity index is 1.42. The number of nitrogens with one attached hydrogen (secondary N) is 1. The molecule has 0 bridgehead atoms. The summed E-state index contributed by atoms with van der Waals surface area (Å²) in [5.41, 5.74) is 1.74. The van der Waals surface area contributed by atoms with E-state index in [-0.39, 0.29) is 23.8 Å². The van der Waals surface area contributed by atoms with Gasteiger partial charge in [0.2, 0.25) is 5.91 Å². The Hall–Kier alpha value is -2.84. The molecule has 0 spiro atoms. The van der Waals surface area contributed by atoms with Gasteiger partial charge in [-0.15, -0.1) is 22.7 Å². The van der Waals surface area contributed by atoms with Crippen LogP contribution in [-0.4, -0.2) is 15.5 Å². The van der Waals surface area contributed by atoms with Crippen LogP contribution in [0.15, 0.2) is 52.9 Å². The third-order valence-electron chi connectivity index (χ3n) is 5.59. The molecule has 0 aliphatic heterocycles. The van der Waals surface area contributed by atoms with Gasteiger partial charge in [0.1, 0.15) is 17.2 Å². The first-order chi connectivity index (χ1) is 15.1. The van der Waals surface area contributed by atoms with Gasteiger partial charge in [0.25, 0.3) is 5.56 Å². The minimum absolute atomic E-state index is 0.116. The van der Waals surface area contributed by atoms with Crippen LogP contribution in [0.2, 0.25) is 0 Å². The number of carbonyl (C=O) groups is 1. The molecule has 3 heterocycles. The molecule has 5 rings (SSSR count). The maximum absolute atomic E-state index is 13.4. The average Bonchev–Trinajstić information content (AvgIpc) is 3.43. The lowest BCUT2D eigenvalue weighted by Gasteiger charge is -2.18. The average molecular weight is 454 g/mol. The molecule has 5 nitrogen and oxygen atoms in total. The molecule has 1 aromatic carbocycles. The summed E-state index contributed by atoms with van der Waals surface area (Å²) >= 11 is 3.11. The number of hydrogen-bond acceptors (Lipinski definition) is 5. The Morgan fingerprint density at radius 2 is 2.00 bits per heavy atom. The second-order valence-electron chi connectivity index (χ2n) is 7.64. The van der Waals surface area contributed by atoms with E-state index in [1.807, 2.05) is 17.5 Å². The maximum Gasteiger partial charge on any atom is 0.262 e. The van der Waals surface area contributed by atoms with Gasteiger partial charge in [-0.25, -0.2) is 9.37 Å². The molecule has 1 aliphatic rings. The predicted octanol–water partition coefficient (Wildman–Crippen LogP) is 4.44. The highest BCUT2D eigenvalue weighted by Gasteiger charge is 2.22. The lowest BCUT2D eigenvalue weighted by atomic mass is 9.97. The molecule has 158 valence electrons. The number of aryl methyl sites for hydroxylation is 2. The van der Waals surface area contributed by atoms with Crippen LogP contribution in [0.5, 0.6) is 0 Å². The standard InChI is InChI=1S/C23H20FN3O2S2/c24-15-9-7-14(8-10-15)21(18-6-3-11-30-18)26-19(28)12-27-13-25-22-20(23(27)29)16-4-1-2-5-17(16)31-22/h3,6-11,13,21H,1-2,4-5,12H2,(H,26,28). The molecular formula is C23H20FN3O2S2. The summed E-state index contributed by atoms with van der Waals surface area (Å²) in [7, 11) is 0. The summed E-state index contributed by atoms with van der Waals surface area (Å²) < 4.78 is 14.8. The molecule has 3 aromatic heterocycles. The summed E-state index contributed by atoms with van der Waals surface area (Å²) in [6.45, 7) is -0.116. The number of amides is 1. The molecule has 1 amide bonds. The van der Waals surface area contributed by atoms with Crippen LogP contribution < -0.4 is 10.9 Å². The van der Waals surface area contributed by atoms with Crippen molar-refractivity contribution in [1.29, 1.82) is 0 Å². The van der Waals surface area contributed by atoms with Crippen LogP contribution in [0.4, 0.5) is 4.39 Å². The van der Waals surface area contributed by atoms with Crippen molar-refractivity contribution >= 4 is 38.8 Å². The fourth-order valence-corrected chi connectivity index (χ4v) is 6.11. The Bertz CT molecular complexity index is 1290. The van der Waals surface area contributed by atoms with Crippen LogP contribution >= 0.6 is 22.7 Å². The number of rotatable bonds is 5. The Labute approximate surface area is 186 Å². The zero-order valence-electron chi connectivity index (χ0n) is 16.6. The smallest absolute Gasteiger partial charge is 0.262 e. The molecule has 1 N–H and O–H groups in total. The molecular weight excluding hydrogens is 433 g/mol. The first-order valence-electron chi connectivity index (χ1n) is 10.2. The van der Waals surface area contributed by atoms with Crippen molar-refractivity contribution in [3.63, 3.8) is 0 Å². The fourth-order valence-electron chi connectivity index (χ4n) is 4.08. The monoisotopic (exact) mass is 453 g/mol. The van der Waals surface area contributed by atoms with Crippen molar-refractivity contribution in [2.45, 2.75) is 38.3 Å². The fraction of sp³-hybridized carbons (Fsp3) is 0.261. The van der Waals surface area contributed by atoms with Gasteiger partial charge in [0.15, 0.2) is 0 Å². The summed E-state index contributed by atoms with van der Waals surface area (Å²) in [6, 6.07) is 9.51. The van der Waals surface area contributed by atoms with Crippen molar-refractivity contribution in [2.24, 2.45) is 0 Å². The van der Waals surface area contributed by atoms with Gasteiger partial charge < -0.3 is 5.32 Å². The molecule has 0 saturated carbocycles. The minimum atomic E-state index is -0.408. The molecule has 4 aromatic rings. The summed E-state index contributed by atoms with van der Waals surface area (Å²) in [5, 5.41) is 5.60. The van der Waals surface area contributed by atoms with E-state index in [1.54, 1.807) is 23.5 Å². The molecule has 0 fully saturated rings. The van der Waals surface area contributed by atoms with E-state index in [4.69, 9.17) is 0 Å². The van der Waals surface area contributed by atoms with Gasteiger partial charge in [-0.3, -0.25) is 14.2 Å². The highest BCUT2D eigenvalue weighted by Crippen LogP contribution is 2.33. The topological polar surface area (TPSA) is 64.0 Å². The van der Waals surface area contributed by atoms with Gasteiger partial charge in [0, 0.05) is 9.75 Å². The van der Waals surface area contributed by atoms with Crippen molar-refractivity contribution in [3.8, 4) is 0 Å². The van der Waals surface area contributed by atoms with Crippen LogP contribution in [-0.2, 0) is 24.2 Å². The number of benzene rings is 1. The van der Waals surface area contributed by atoms with Crippen LogP contribution in [0.25, 0.3) is 10.2 Å². The Kier molecular flexibility index (Phi) is 5.41. The first kappa shape index (κ1) is 20.1. The molecule has 31 heavy (non-hydrogen) atoms. The molecule has 8 heteroatoms. The maximum atomic E-state index is 13.4. The van der Waals surface area contributed by atoms with E-state index in [0.717, 1.165) is 46.5 Å². The number of fused-ring (bicyclic) bond motifs is 3. The molecule has 0 radical (unpaired) electrons. The highest BCUT2D eigenvalue weighted by atomic mass is 32.1. The Morgan fingerprint density at radius 1 is 1.19 bits per heavy atom. The lowest BCUT2D eigenvalue weighted by molar-refractivity contribution is -0.122. The normalized spacial score (nSPS) is 14.4. The molecule has 0 saturated heterocycles. The summed E-state index contributed by atoms with van der Waals surface area (Å²) in [6.07, 6.45) is 5.58. The van der Waals surface area contributed by atoms with Crippen LogP contribution in [0.3, 0.4) is 0 Å². The first-order valence-corrected chi connectivity index (χ1v) is 11.9. The van der Waals surface area contributed by atoms with E-state index < -0.39 is 6.04 Å². The predicted molar refractivity (Wildman–Crippen MR) is 121 cm³/mol. The van der Waals surface area contributed by atoms with Crippen molar-refractivity contribution in [3.05, 3.63) is 85.2 Å². The minimum Gasteiger partial charge on any atom is -0.343 e. The number of hydrogen-bond donors (Lipinski definition) is 1. The second-order valence-corrected chi connectivity index (χ2v) is 9.70. The quantitative estimate of drug-likeness (QED) is 0.486. The van der Waals surface area contributed by atoms with Crippen molar-refractivity contribution in [1.82, 2.24) is 14.9 Å². The number of carbonyl (C=O) groups excluding carboxylic acids is 1. The van der Waals surface area contributed by atoms with Gasteiger partial charge in [-0.2, -0.15) is 0 Å². The van der Waals surface area contributed by atoms with Crippen molar-refractivity contribution < 1.29 is 9.18 Å². The van der Waals surface area contributed by atoms with Gasteiger partial charge in [0.05, 0.1) is 17.8 Å². The third-order valence-corrected chi connectivity index (χ3v) is 7.73. The van der Waals surface area contributed by atoms with E-state index in [0.29, 0.717) is 5.39 Å². The highest BCUT2D eigenvalue weighted by molar-refractivity contribution is 7.18. The van der Waals surface area contributed by atoms with E-state index in [9.17, 15) is 14.0 Å². The molecule has 1 aliphatic carbocycles. The van der Waals surface area contributed by atoms with Crippen LogP contribution in [0.1, 0.15) is 39.8 Å². The van der Waals surface area contributed by atoms with Gasteiger partial charge >= 0.3 is 0 Å². The third kappa shape index (κ3) is 3.93. The van der Waals surface area contributed by atoms with Crippen LogP contribution in [0, 0.1) is 5.82 Å². The largest absolute Gasteiger partial charge is 0.343 e. The summed E-state index contributed by atoms with van der Waals surface area (Å²) in [5.74, 6) is -0.625.